The van der Waals surface area contributed by atoms with Crippen molar-refractivity contribution in [1.82, 2.24) is 0 Å². The first-order valence-electron chi connectivity index (χ1n) is 4.52. The summed E-state index contributed by atoms with van der Waals surface area (Å²) >= 11 is 2.28. The van der Waals surface area contributed by atoms with Gasteiger partial charge in [-0.3, -0.25) is 0 Å². The first-order chi connectivity index (χ1) is 6.83. The van der Waals surface area contributed by atoms with Gasteiger partial charge >= 0.3 is 16.6 Å². The molecule has 0 spiro atoms. The first kappa shape index (κ1) is 11.1. The molecule has 2 radical (unpaired) electrons. The molecule has 70 valence electrons. The van der Waals surface area contributed by atoms with Gasteiger partial charge in [-0.1, -0.05) is 24.3 Å². The lowest BCUT2D eigenvalue weighted by molar-refractivity contribution is 0.606. The smallest absolute Gasteiger partial charge is 0.482 e. The minimum absolute atomic E-state index is 0.827. The third-order valence-electron chi connectivity index (χ3n) is 2.07. The quantitative estimate of drug-likeness (QED) is 0.524. The maximum absolute atomic E-state index is 5.22. The van der Waals surface area contributed by atoms with E-state index in [-0.39, 0.29) is 0 Å². The van der Waals surface area contributed by atoms with Crippen LogP contribution in [0.3, 0.4) is 0 Å². The van der Waals surface area contributed by atoms with Crippen LogP contribution in [0, 0.1) is 0 Å². The van der Waals surface area contributed by atoms with E-state index in [4.69, 9.17) is 3.79 Å². The molecule has 0 amide bonds. The number of benzene rings is 1. The van der Waals surface area contributed by atoms with Crippen LogP contribution in [0.15, 0.2) is 43.5 Å². The maximum atomic E-state index is 5.22. The average molecular weight is 200 g/mol. The molecule has 0 bridgehead atoms. The van der Waals surface area contributed by atoms with Crippen molar-refractivity contribution in [2.24, 2.45) is 0 Å². The van der Waals surface area contributed by atoms with E-state index in [1.54, 1.807) is 0 Å². The lowest BCUT2D eigenvalue weighted by atomic mass is 10.0. The van der Waals surface area contributed by atoms with E-state index in [0.717, 1.165) is 18.6 Å². The maximum Gasteiger partial charge on any atom is 0.482 e. The summed E-state index contributed by atoms with van der Waals surface area (Å²) in [4.78, 5) is 0. The summed E-state index contributed by atoms with van der Waals surface area (Å²) in [6, 6.07) is 6.04. The Labute approximate surface area is 93.9 Å². The lowest BCUT2D eigenvalue weighted by Gasteiger charge is -2.12. The van der Waals surface area contributed by atoms with Crippen LogP contribution in [-0.2, 0) is 12.8 Å². The molecule has 14 heavy (non-hydrogen) atoms. The highest BCUT2D eigenvalue weighted by Crippen LogP contribution is 2.23. The summed E-state index contributed by atoms with van der Waals surface area (Å²) < 4.78 is 5.22. The highest BCUT2D eigenvalue weighted by atomic mass is 27.1. The summed E-state index contributed by atoms with van der Waals surface area (Å²) in [6.45, 7) is 7.49. The van der Waals surface area contributed by atoms with Crippen LogP contribution < -0.4 is 3.79 Å². The Balaban J connectivity index is 3.12. The van der Waals surface area contributed by atoms with E-state index in [1.165, 1.54) is 11.1 Å². The average Bonchev–Trinajstić information content (AvgIpc) is 2.21. The third kappa shape index (κ3) is 2.51. The van der Waals surface area contributed by atoms with Gasteiger partial charge in [-0.05, 0) is 30.0 Å². The van der Waals surface area contributed by atoms with Gasteiger partial charge < -0.3 is 3.79 Å². The van der Waals surface area contributed by atoms with Crippen molar-refractivity contribution in [1.29, 1.82) is 0 Å². The fraction of sp³-hybridized carbons (Fsp3) is 0.167. The second-order valence-corrected chi connectivity index (χ2v) is 3.23. The zero-order valence-corrected chi connectivity index (χ0v) is 9.36. The molecule has 0 aliphatic rings. The molecule has 0 unspecified atom stereocenters. The van der Waals surface area contributed by atoms with E-state index in [9.17, 15) is 0 Å². The van der Waals surface area contributed by atoms with Crippen LogP contribution in [0.5, 0.6) is 5.75 Å². The monoisotopic (exact) mass is 200 g/mol. The molecule has 1 aromatic carbocycles. The zero-order chi connectivity index (χ0) is 10.4. The molecule has 1 rings (SSSR count). The van der Waals surface area contributed by atoms with Gasteiger partial charge in [-0.2, -0.15) is 0 Å². The summed E-state index contributed by atoms with van der Waals surface area (Å²) in [6.07, 6.45) is 5.47. The van der Waals surface area contributed by atoms with Crippen LogP contribution >= 0.6 is 0 Å². The molecule has 0 N–H and O–H groups in total. The molecular weight excluding hydrogens is 187 g/mol. The van der Waals surface area contributed by atoms with Gasteiger partial charge in [-0.25, -0.2) is 0 Å². The Morgan fingerprint density at radius 1 is 1.21 bits per heavy atom. The van der Waals surface area contributed by atoms with Crippen molar-refractivity contribution >= 4 is 16.6 Å². The van der Waals surface area contributed by atoms with E-state index >= 15 is 0 Å². The van der Waals surface area contributed by atoms with E-state index < -0.39 is 0 Å². The van der Waals surface area contributed by atoms with E-state index in [2.05, 4.69) is 35.8 Å². The molecule has 0 aromatic heterocycles. The van der Waals surface area contributed by atoms with Crippen LogP contribution in [0.1, 0.15) is 11.1 Å². The second kappa shape index (κ2) is 5.70. The summed E-state index contributed by atoms with van der Waals surface area (Å²) in [5.74, 6) is 0.897. The van der Waals surface area contributed by atoms with E-state index in [1.807, 2.05) is 24.3 Å². The molecule has 1 nitrogen and oxygen atoms in total. The van der Waals surface area contributed by atoms with Gasteiger partial charge in [0.25, 0.3) is 0 Å². The van der Waals surface area contributed by atoms with Crippen molar-refractivity contribution in [3.05, 3.63) is 54.6 Å². The van der Waals surface area contributed by atoms with Crippen molar-refractivity contribution in [2.75, 3.05) is 0 Å². The highest BCUT2D eigenvalue weighted by molar-refractivity contribution is 6.00. The fourth-order valence-corrected chi connectivity index (χ4v) is 1.67. The molecule has 0 aliphatic heterocycles. The largest absolute Gasteiger partial charge is 0.653 e. The number of allylic oxidation sites excluding steroid dienone is 2. The lowest BCUT2D eigenvalue weighted by Crippen LogP contribution is -1.97. The van der Waals surface area contributed by atoms with Crippen LogP contribution in [0.2, 0.25) is 0 Å². The van der Waals surface area contributed by atoms with Gasteiger partial charge in [0.2, 0.25) is 0 Å². The van der Waals surface area contributed by atoms with Crippen molar-refractivity contribution in [3.8, 4) is 5.75 Å². The summed E-state index contributed by atoms with van der Waals surface area (Å²) in [7, 11) is 0. The van der Waals surface area contributed by atoms with Crippen LogP contribution in [0.4, 0.5) is 0 Å². The van der Waals surface area contributed by atoms with Crippen LogP contribution in [-0.4, -0.2) is 16.6 Å². The van der Waals surface area contributed by atoms with Crippen molar-refractivity contribution in [3.63, 3.8) is 0 Å². The molecule has 0 saturated heterocycles. The molecule has 2 heteroatoms. The number of rotatable bonds is 5. The summed E-state index contributed by atoms with van der Waals surface area (Å²) in [5.41, 5.74) is 2.44. The van der Waals surface area contributed by atoms with Crippen molar-refractivity contribution in [2.45, 2.75) is 12.8 Å². The SMILES string of the molecule is C=CCc1cccc([O][Al])c1CC=C. The minimum Gasteiger partial charge on any atom is -0.653 e. The molecule has 0 saturated carbocycles. The van der Waals surface area contributed by atoms with Crippen molar-refractivity contribution < 1.29 is 3.79 Å². The van der Waals surface area contributed by atoms with E-state index in [0.29, 0.717) is 0 Å². The predicted molar refractivity (Wildman–Crippen MR) is 60.6 cm³/mol. The Hall–Kier alpha value is -0.968. The molecular formula is C12H13AlO. The van der Waals surface area contributed by atoms with Crippen LogP contribution in [0.25, 0.3) is 0 Å². The van der Waals surface area contributed by atoms with Gasteiger partial charge in [0.05, 0.1) is 5.75 Å². The van der Waals surface area contributed by atoms with Gasteiger partial charge in [0, 0.05) is 0 Å². The fourth-order valence-electron chi connectivity index (χ4n) is 1.44. The first-order valence-corrected chi connectivity index (χ1v) is 5.00. The molecule has 0 fully saturated rings. The zero-order valence-electron chi connectivity index (χ0n) is 8.20. The minimum atomic E-state index is 0.827. The molecule has 1 aromatic rings. The standard InChI is InChI=1S/C12H14O.Al/c1-3-6-10-8-5-9-12(13)11(10)7-4-2;/h3-5,8-9,13H,1-2,6-7H2;/q;+1/p-1. The third-order valence-corrected chi connectivity index (χ3v) is 2.32. The Morgan fingerprint density at radius 2 is 1.93 bits per heavy atom. The topological polar surface area (TPSA) is 9.23 Å². The highest BCUT2D eigenvalue weighted by Gasteiger charge is 2.04. The van der Waals surface area contributed by atoms with Gasteiger partial charge in [0.15, 0.2) is 0 Å². The Kier molecular flexibility index (Phi) is 4.52. The predicted octanol–water partition coefficient (Wildman–Crippen LogP) is 2.61. The molecule has 0 heterocycles. The Bertz CT molecular complexity index is 331. The second-order valence-electron chi connectivity index (χ2n) is 3.00. The van der Waals surface area contributed by atoms with Gasteiger partial charge in [0.1, 0.15) is 0 Å². The number of hydrogen-bond donors (Lipinski definition) is 0. The molecule has 0 aliphatic carbocycles. The van der Waals surface area contributed by atoms with Gasteiger partial charge in [-0.15, -0.1) is 13.2 Å². The Morgan fingerprint density at radius 3 is 2.50 bits per heavy atom. The number of hydrogen-bond acceptors (Lipinski definition) is 1. The normalized spacial score (nSPS) is 9.43. The summed E-state index contributed by atoms with van der Waals surface area (Å²) in [5, 5.41) is 0. The molecule has 0 atom stereocenters.